The van der Waals surface area contributed by atoms with Crippen LogP contribution in [0.1, 0.15) is 38.4 Å². The molecule has 0 radical (unpaired) electrons. The Morgan fingerprint density at radius 1 is 1.10 bits per heavy atom. The highest BCUT2D eigenvalue weighted by Gasteiger charge is 2.14. The second-order valence-electron chi connectivity index (χ2n) is 7.24. The van der Waals surface area contributed by atoms with Crippen LogP contribution in [-0.2, 0) is 13.6 Å². The van der Waals surface area contributed by atoms with E-state index in [0.29, 0.717) is 18.1 Å². The van der Waals surface area contributed by atoms with E-state index in [9.17, 15) is 4.79 Å². The van der Waals surface area contributed by atoms with Crippen molar-refractivity contribution in [1.82, 2.24) is 15.1 Å². The highest BCUT2D eigenvalue weighted by Crippen LogP contribution is 2.19. The lowest BCUT2D eigenvalue weighted by atomic mass is 10.1. The van der Waals surface area contributed by atoms with Crippen LogP contribution >= 0.6 is 15.9 Å². The summed E-state index contributed by atoms with van der Waals surface area (Å²) in [6, 6.07) is 13.3. The number of aliphatic imine (C=N–C) groups is 1. The first-order valence-electron chi connectivity index (χ1n) is 9.70. The van der Waals surface area contributed by atoms with E-state index in [4.69, 9.17) is 4.99 Å². The number of benzene rings is 2. The Kier molecular flexibility index (Phi) is 6.72. The van der Waals surface area contributed by atoms with Gasteiger partial charge in [-0.15, -0.1) is 0 Å². The first-order valence-corrected chi connectivity index (χ1v) is 10.5. The number of anilines is 1. The van der Waals surface area contributed by atoms with Gasteiger partial charge in [-0.25, -0.2) is 4.99 Å². The summed E-state index contributed by atoms with van der Waals surface area (Å²) in [5.74, 6) is 0.158. The Balaban J connectivity index is 1.92. The molecule has 0 saturated carbocycles. The third-order valence-electron chi connectivity index (χ3n) is 5.26. The molecule has 0 unspecified atom stereocenters. The molecule has 7 heteroatoms. The van der Waals surface area contributed by atoms with Crippen molar-refractivity contribution in [3.05, 3.63) is 80.6 Å². The van der Waals surface area contributed by atoms with Gasteiger partial charge in [-0.05, 0) is 73.0 Å². The Hall–Kier alpha value is -2.93. The van der Waals surface area contributed by atoms with Gasteiger partial charge < -0.3 is 5.32 Å². The number of carbonyl (C=O) groups excluding carboxylic acids is 1. The number of halogens is 1. The van der Waals surface area contributed by atoms with Crippen LogP contribution in [0.25, 0.3) is 0 Å². The largest absolute Gasteiger partial charge is 0.326 e. The predicted octanol–water partition coefficient (Wildman–Crippen LogP) is 4.81. The van der Waals surface area contributed by atoms with Crippen LogP contribution in [0.15, 0.2) is 51.9 Å². The van der Waals surface area contributed by atoms with Gasteiger partial charge in [-0.1, -0.05) is 24.3 Å². The summed E-state index contributed by atoms with van der Waals surface area (Å²) < 4.78 is 2.57. The zero-order valence-corrected chi connectivity index (χ0v) is 19.5. The van der Waals surface area contributed by atoms with Crippen molar-refractivity contribution in [2.45, 2.75) is 34.2 Å². The summed E-state index contributed by atoms with van der Waals surface area (Å²) in [5, 5.41) is 10.7. The SMILES string of the molecule is Cc1cccc(NC(=NCc2c(C)nn(C)c2C)NC(=O)c2ccccc2Br)c1C. The van der Waals surface area contributed by atoms with Crippen LogP contribution in [-0.4, -0.2) is 21.6 Å². The van der Waals surface area contributed by atoms with Crippen LogP contribution in [0.5, 0.6) is 0 Å². The Bertz CT molecular complexity index is 1120. The van der Waals surface area contributed by atoms with Gasteiger partial charge in [0.2, 0.25) is 5.96 Å². The van der Waals surface area contributed by atoms with Crippen LogP contribution in [0.4, 0.5) is 5.69 Å². The zero-order chi connectivity index (χ0) is 21.8. The molecule has 2 N–H and O–H groups in total. The molecule has 0 aliphatic heterocycles. The van der Waals surface area contributed by atoms with E-state index in [1.165, 1.54) is 0 Å². The fourth-order valence-corrected chi connectivity index (χ4v) is 3.61. The maximum absolute atomic E-state index is 12.9. The normalized spacial score (nSPS) is 11.5. The maximum atomic E-state index is 12.9. The molecule has 0 fully saturated rings. The molecule has 0 aliphatic carbocycles. The number of nitrogens with zero attached hydrogens (tertiary/aromatic N) is 3. The van der Waals surface area contributed by atoms with E-state index >= 15 is 0 Å². The van der Waals surface area contributed by atoms with Crippen molar-refractivity contribution in [2.24, 2.45) is 12.0 Å². The average molecular weight is 468 g/mol. The molecule has 0 bridgehead atoms. The molecular weight excluding hydrogens is 442 g/mol. The first kappa shape index (κ1) is 21.8. The second kappa shape index (κ2) is 9.26. The van der Waals surface area contributed by atoms with Gasteiger partial charge in [0.05, 0.1) is 17.8 Å². The molecule has 3 aromatic rings. The van der Waals surface area contributed by atoms with Crippen molar-refractivity contribution in [2.75, 3.05) is 5.32 Å². The first-order chi connectivity index (χ1) is 14.3. The number of guanidine groups is 1. The average Bonchev–Trinajstić information content (AvgIpc) is 2.95. The third kappa shape index (κ3) is 4.79. The van der Waals surface area contributed by atoms with Gasteiger partial charge >= 0.3 is 0 Å². The predicted molar refractivity (Wildman–Crippen MR) is 125 cm³/mol. The topological polar surface area (TPSA) is 71.3 Å². The molecule has 0 saturated heterocycles. The quantitative estimate of drug-likeness (QED) is 0.426. The number of aryl methyl sites for hydroxylation is 3. The van der Waals surface area contributed by atoms with Crippen molar-refractivity contribution in [3.63, 3.8) is 0 Å². The van der Waals surface area contributed by atoms with Gasteiger partial charge in [-0.3, -0.25) is 14.8 Å². The van der Waals surface area contributed by atoms with E-state index < -0.39 is 0 Å². The van der Waals surface area contributed by atoms with Gasteiger partial charge in [0.15, 0.2) is 0 Å². The summed E-state index contributed by atoms with van der Waals surface area (Å²) in [5.41, 5.74) is 6.75. The molecule has 3 rings (SSSR count). The van der Waals surface area contributed by atoms with E-state index in [1.807, 2.05) is 62.8 Å². The van der Waals surface area contributed by atoms with E-state index in [1.54, 1.807) is 6.07 Å². The van der Waals surface area contributed by atoms with E-state index in [2.05, 4.69) is 44.7 Å². The fourth-order valence-electron chi connectivity index (χ4n) is 3.15. The van der Waals surface area contributed by atoms with Crippen molar-refractivity contribution in [1.29, 1.82) is 0 Å². The smallest absolute Gasteiger partial charge is 0.259 e. The molecule has 1 heterocycles. The molecule has 0 spiro atoms. The van der Waals surface area contributed by atoms with Gasteiger partial charge in [0, 0.05) is 28.5 Å². The summed E-state index contributed by atoms with van der Waals surface area (Å²) in [4.78, 5) is 17.6. The van der Waals surface area contributed by atoms with Crippen molar-refractivity contribution >= 4 is 33.5 Å². The molecular formula is C23H26BrN5O. The van der Waals surface area contributed by atoms with E-state index in [-0.39, 0.29) is 5.91 Å². The molecule has 1 aromatic heterocycles. The Morgan fingerprint density at radius 3 is 2.50 bits per heavy atom. The minimum atomic E-state index is -0.237. The Morgan fingerprint density at radius 2 is 1.83 bits per heavy atom. The third-order valence-corrected chi connectivity index (χ3v) is 5.95. The number of rotatable bonds is 4. The van der Waals surface area contributed by atoms with Crippen LogP contribution in [0, 0.1) is 27.7 Å². The maximum Gasteiger partial charge on any atom is 0.259 e. The summed E-state index contributed by atoms with van der Waals surface area (Å²) in [6.07, 6.45) is 0. The number of nitrogens with one attached hydrogen (secondary N) is 2. The molecule has 0 aliphatic rings. The van der Waals surface area contributed by atoms with Gasteiger partial charge in [-0.2, -0.15) is 5.10 Å². The lowest BCUT2D eigenvalue weighted by Gasteiger charge is -2.15. The van der Waals surface area contributed by atoms with Crippen LogP contribution in [0.3, 0.4) is 0 Å². The lowest BCUT2D eigenvalue weighted by Crippen LogP contribution is -2.36. The molecule has 6 nitrogen and oxygen atoms in total. The van der Waals surface area contributed by atoms with Gasteiger partial charge in [0.1, 0.15) is 0 Å². The minimum Gasteiger partial charge on any atom is -0.326 e. The summed E-state index contributed by atoms with van der Waals surface area (Å²) in [7, 11) is 1.92. The van der Waals surface area contributed by atoms with Crippen molar-refractivity contribution < 1.29 is 4.79 Å². The zero-order valence-electron chi connectivity index (χ0n) is 17.9. The number of aromatic nitrogens is 2. The van der Waals surface area contributed by atoms with Gasteiger partial charge in [0.25, 0.3) is 5.91 Å². The number of amides is 1. The standard InChI is InChI=1S/C23H26BrN5O/c1-14-9-8-12-21(15(14)2)26-23(25-13-19-16(3)28-29(5)17(19)4)27-22(30)18-10-6-7-11-20(18)24/h6-12H,13H2,1-5H3,(H2,25,26,27,30). The Labute approximate surface area is 185 Å². The number of carbonyl (C=O) groups is 1. The van der Waals surface area contributed by atoms with Crippen LogP contribution < -0.4 is 10.6 Å². The molecule has 0 atom stereocenters. The van der Waals surface area contributed by atoms with E-state index in [0.717, 1.165) is 38.2 Å². The summed E-state index contributed by atoms with van der Waals surface area (Å²) >= 11 is 3.44. The monoisotopic (exact) mass is 467 g/mol. The second-order valence-corrected chi connectivity index (χ2v) is 8.10. The minimum absolute atomic E-state index is 0.237. The van der Waals surface area contributed by atoms with Crippen LogP contribution in [0.2, 0.25) is 0 Å². The van der Waals surface area contributed by atoms with Crippen molar-refractivity contribution in [3.8, 4) is 0 Å². The lowest BCUT2D eigenvalue weighted by molar-refractivity contribution is 0.0976. The highest BCUT2D eigenvalue weighted by molar-refractivity contribution is 9.10. The number of hydrogen-bond donors (Lipinski definition) is 2. The molecule has 2 aromatic carbocycles. The molecule has 1 amide bonds. The fraction of sp³-hybridized carbons (Fsp3) is 0.261. The summed E-state index contributed by atoms with van der Waals surface area (Å²) in [6.45, 7) is 8.49. The molecule has 156 valence electrons. The molecule has 30 heavy (non-hydrogen) atoms. The number of hydrogen-bond acceptors (Lipinski definition) is 3. The highest BCUT2D eigenvalue weighted by atomic mass is 79.9.